The SMILES string of the molecule is CC(=O)C1=C(C)c2cnc(N3C=NC(N4CCN(CCN(C)C)CC4)=CN3C)cc2N(C2CCCC2)C1=CO. The monoisotopic (exact) mass is 534 g/mol. The summed E-state index contributed by atoms with van der Waals surface area (Å²) in [5, 5.41) is 14.3. The fourth-order valence-electron chi connectivity index (χ4n) is 6.14. The predicted molar refractivity (Wildman–Crippen MR) is 156 cm³/mol. The molecule has 1 saturated heterocycles. The molecule has 210 valence electrons. The molecule has 3 aliphatic heterocycles. The third kappa shape index (κ3) is 5.40. The van der Waals surface area contributed by atoms with Gasteiger partial charge in [-0.05, 0) is 46.4 Å². The first kappa shape index (κ1) is 27.2. The van der Waals surface area contributed by atoms with Crippen LogP contribution in [-0.4, -0.2) is 108 Å². The second-order valence-corrected chi connectivity index (χ2v) is 11.2. The first-order valence-electron chi connectivity index (χ1n) is 14.0. The molecule has 1 N–H and O–H groups in total. The van der Waals surface area contributed by atoms with Gasteiger partial charge in [-0.2, -0.15) is 0 Å². The van der Waals surface area contributed by atoms with Crippen LogP contribution in [0, 0.1) is 0 Å². The number of carbonyl (C=O) groups excluding carboxylic acids is 1. The van der Waals surface area contributed by atoms with Gasteiger partial charge < -0.3 is 19.8 Å². The number of hydrazine groups is 1. The van der Waals surface area contributed by atoms with Crippen molar-refractivity contribution < 1.29 is 9.90 Å². The van der Waals surface area contributed by atoms with E-state index in [4.69, 9.17) is 9.98 Å². The molecule has 1 aromatic rings. The van der Waals surface area contributed by atoms with Crippen LogP contribution in [0.5, 0.6) is 0 Å². The van der Waals surface area contributed by atoms with Crippen molar-refractivity contribution in [2.75, 3.05) is 70.3 Å². The molecule has 0 aromatic carbocycles. The number of fused-ring (bicyclic) bond motifs is 1. The van der Waals surface area contributed by atoms with E-state index in [1.165, 1.54) is 0 Å². The summed E-state index contributed by atoms with van der Waals surface area (Å²) < 4.78 is 0. The standard InChI is InChI=1S/C29H42N8O2/c1-21-24-17-30-27(16-25(24)37(23-8-6-7-9-23)26(19-38)29(21)22(2)39)36-20-31-28(18-33(36)5)35-14-12-34(13-15-35)11-10-32(3)4/h16-20,23,38H,6-15H2,1-5H3. The predicted octanol–water partition coefficient (Wildman–Crippen LogP) is 3.28. The molecule has 4 aliphatic rings. The topological polar surface area (TPSA) is 82.0 Å². The number of anilines is 2. The number of hydrogen-bond donors (Lipinski definition) is 1. The smallest absolute Gasteiger partial charge is 0.162 e. The number of aliphatic imine (C=N–C) groups is 1. The summed E-state index contributed by atoms with van der Waals surface area (Å²) in [6, 6.07) is 2.29. The third-order valence-corrected chi connectivity index (χ3v) is 8.32. The first-order chi connectivity index (χ1) is 18.8. The van der Waals surface area contributed by atoms with Crippen molar-refractivity contribution in [2.45, 2.75) is 45.6 Å². The van der Waals surface area contributed by atoms with Gasteiger partial charge in [0.25, 0.3) is 0 Å². The molecule has 2 fully saturated rings. The molecular weight excluding hydrogens is 492 g/mol. The number of likely N-dealkylation sites (N-methyl/N-ethyl adjacent to an activating group) is 1. The van der Waals surface area contributed by atoms with Gasteiger partial charge in [0.2, 0.25) is 0 Å². The van der Waals surface area contributed by atoms with Crippen molar-refractivity contribution in [3.05, 3.63) is 47.4 Å². The van der Waals surface area contributed by atoms with Crippen molar-refractivity contribution in [1.82, 2.24) is 24.7 Å². The zero-order chi connectivity index (χ0) is 27.7. The Balaban J connectivity index is 1.38. The number of aliphatic hydroxyl groups is 1. The average molecular weight is 535 g/mol. The Morgan fingerprint density at radius 2 is 1.90 bits per heavy atom. The number of Topliss-reactive ketones (excluding diaryl/α,β-unsaturated/α-hetero) is 1. The minimum absolute atomic E-state index is 0.0513. The lowest BCUT2D eigenvalue weighted by atomic mass is 9.90. The molecule has 0 amide bonds. The van der Waals surface area contributed by atoms with Crippen LogP contribution in [0.15, 0.2) is 46.8 Å². The van der Waals surface area contributed by atoms with Gasteiger partial charge in [-0.1, -0.05) is 12.8 Å². The Morgan fingerprint density at radius 1 is 1.18 bits per heavy atom. The van der Waals surface area contributed by atoms with E-state index in [1.54, 1.807) is 6.92 Å². The Kier molecular flexibility index (Phi) is 7.95. The molecule has 0 radical (unpaired) electrons. The number of hydrogen-bond acceptors (Lipinski definition) is 10. The van der Waals surface area contributed by atoms with Crippen LogP contribution in [0.25, 0.3) is 5.57 Å². The maximum Gasteiger partial charge on any atom is 0.162 e. The van der Waals surface area contributed by atoms with E-state index in [2.05, 4.69) is 46.0 Å². The van der Waals surface area contributed by atoms with Crippen LogP contribution in [0.1, 0.15) is 45.1 Å². The lowest BCUT2D eigenvalue weighted by Gasteiger charge is -2.40. The molecule has 1 aliphatic carbocycles. The molecule has 39 heavy (non-hydrogen) atoms. The average Bonchev–Trinajstić information content (AvgIpc) is 3.46. The summed E-state index contributed by atoms with van der Waals surface area (Å²) in [5.41, 5.74) is 3.90. The first-order valence-corrected chi connectivity index (χ1v) is 14.0. The molecule has 10 heteroatoms. The summed E-state index contributed by atoms with van der Waals surface area (Å²) >= 11 is 0. The fraction of sp³-hybridized carbons (Fsp3) is 0.552. The molecule has 0 unspecified atom stereocenters. The number of rotatable bonds is 7. The van der Waals surface area contributed by atoms with E-state index in [0.29, 0.717) is 11.3 Å². The number of piperazine rings is 1. The second kappa shape index (κ2) is 11.4. The van der Waals surface area contributed by atoms with E-state index in [1.807, 2.05) is 36.5 Å². The Labute approximate surface area is 232 Å². The van der Waals surface area contributed by atoms with Crippen LogP contribution >= 0.6 is 0 Å². The fourth-order valence-corrected chi connectivity index (χ4v) is 6.14. The Hall–Kier alpha value is -3.37. The molecule has 1 aromatic heterocycles. The van der Waals surface area contributed by atoms with Gasteiger partial charge in [0, 0.05) is 75.8 Å². The Bertz CT molecular complexity index is 1210. The lowest BCUT2D eigenvalue weighted by molar-refractivity contribution is -0.113. The van der Waals surface area contributed by atoms with Crippen molar-refractivity contribution in [3.8, 4) is 0 Å². The molecule has 10 nitrogen and oxygen atoms in total. The number of ketones is 1. The van der Waals surface area contributed by atoms with Crippen LogP contribution < -0.4 is 9.91 Å². The van der Waals surface area contributed by atoms with E-state index < -0.39 is 0 Å². The molecule has 4 heterocycles. The van der Waals surface area contributed by atoms with E-state index in [9.17, 15) is 9.90 Å². The molecule has 1 saturated carbocycles. The third-order valence-electron chi connectivity index (χ3n) is 8.32. The van der Waals surface area contributed by atoms with Crippen LogP contribution in [0.2, 0.25) is 0 Å². The zero-order valence-electron chi connectivity index (χ0n) is 24.0. The maximum atomic E-state index is 12.6. The highest BCUT2D eigenvalue weighted by atomic mass is 16.2. The number of allylic oxidation sites excluding steroid dienone is 2. The highest BCUT2D eigenvalue weighted by Crippen LogP contribution is 2.45. The van der Waals surface area contributed by atoms with Crippen molar-refractivity contribution in [1.29, 1.82) is 0 Å². The number of aromatic nitrogens is 1. The van der Waals surface area contributed by atoms with Crippen LogP contribution in [0.3, 0.4) is 0 Å². The number of nitrogens with zero attached hydrogens (tertiary/aromatic N) is 8. The van der Waals surface area contributed by atoms with Gasteiger partial charge in [0.1, 0.15) is 18.4 Å². The van der Waals surface area contributed by atoms with Gasteiger partial charge in [0.15, 0.2) is 11.6 Å². The molecular formula is C29H42N8O2. The summed E-state index contributed by atoms with van der Waals surface area (Å²) in [6.07, 6.45) is 11.2. The van der Waals surface area contributed by atoms with Crippen molar-refractivity contribution in [3.63, 3.8) is 0 Å². The minimum Gasteiger partial charge on any atom is -0.513 e. The normalized spacial score (nSPS) is 21.9. The Morgan fingerprint density at radius 3 is 2.51 bits per heavy atom. The van der Waals surface area contributed by atoms with Crippen LogP contribution in [-0.2, 0) is 4.79 Å². The largest absolute Gasteiger partial charge is 0.513 e. The summed E-state index contributed by atoms with van der Waals surface area (Å²) in [4.78, 5) is 31.5. The van der Waals surface area contributed by atoms with Crippen LogP contribution in [0.4, 0.5) is 11.5 Å². The number of aliphatic hydroxyl groups excluding tert-OH is 1. The highest BCUT2D eigenvalue weighted by Gasteiger charge is 2.36. The molecule has 0 spiro atoms. The second-order valence-electron chi connectivity index (χ2n) is 11.2. The summed E-state index contributed by atoms with van der Waals surface area (Å²) in [5.74, 6) is 1.65. The zero-order valence-corrected chi connectivity index (χ0v) is 24.0. The lowest BCUT2D eigenvalue weighted by Crippen LogP contribution is -2.48. The van der Waals surface area contributed by atoms with Gasteiger partial charge in [-0.3, -0.25) is 14.7 Å². The van der Waals surface area contributed by atoms with Gasteiger partial charge in [0.05, 0.1) is 17.6 Å². The van der Waals surface area contributed by atoms with E-state index >= 15 is 0 Å². The van der Waals surface area contributed by atoms with E-state index in [0.717, 1.165) is 99.7 Å². The summed E-state index contributed by atoms with van der Waals surface area (Å²) in [6.45, 7) is 9.65. The molecule has 0 bridgehead atoms. The summed E-state index contributed by atoms with van der Waals surface area (Å²) in [7, 11) is 6.24. The minimum atomic E-state index is -0.0513. The van der Waals surface area contributed by atoms with Gasteiger partial charge >= 0.3 is 0 Å². The van der Waals surface area contributed by atoms with Gasteiger partial charge in [-0.25, -0.2) is 15.0 Å². The van der Waals surface area contributed by atoms with Crippen molar-refractivity contribution in [2.24, 2.45) is 4.99 Å². The highest BCUT2D eigenvalue weighted by molar-refractivity contribution is 6.09. The van der Waals surface area contributed by atoms with Crippen molar-refractivity contribution >= 4 is 29.2 Å². The molecule has 5 rings (SSSR count). The number of pyridine rings is 1. The maximum absolute atomic E-state index is 12.6. The van der Waals surface area contributed by atoms with Gasteiger partial charge in [-0.15, -0.1) is 0 Å². The number of carbonyl (C=O) groups is 1. The molecule has 0 atom stereocenters. The van der Waals surface area contributed by atoms with E-state index in [-0.39, 0.29) is 11.8 Å². The quantitative estimate of drug-likeness (QED) is 0.530.